The van der Waals surface area contributed by atoms with Crippen molar-refractivity contribution in [3.05, 3.63) is 0 Å². The molecule has 18 heavy (non-hydrogen) atoms. The molecule has 2 N–H and O–H groups in total. The zero-order valence-electron chi connectivity index (χ0n) is 11.2. The number of aliphatic carboxylic acids is 1. The Balaban J connectivity index is 2.41. The minimum atomic E-state index is -0.906. The molecule has 0 aromatic heterocycles. The number of ether oxygens (including phenoxy) is 1. The minimum absolute atomic E-state index is 0.0302. The molecular weight excluding hydrogens is 236 g/mol. The van der Waals surface area contributed by atoms with Gasteiger partial charge in [-0.3, -0.25) is 4.79 Å². The third-order valence-corrected chi connectivity index (χ3v) is 2.60. The van der Waals surface area contributed by atoms with Crippen molar-refractivity contribution in [2.24, 2.45) is 5.41 Å². The van der Waals surface area contributed by atoms with Gasteiger partial charge in [0.1, 0.15) is 0 Å². The summed E-state index contributed by atoms with van der Waals surface area (Å²) >= 11 is 0. The smallest absolute Gasteiger partial charge is 0.317 e. The maximum Gasteiger partial charge on any atom is 0.317 e. The highest BCUT2D eigenvalue weighted by Crippen LogP contribution is 2.12. The van der Waals surface area contributed by atoms with Gasteiger partial charge in [0.25, 0.3) is 0 Å². The Morgan fingerprint density at radius 2 is 2.11 bits per heavy atom. The standard InChI is InChI=1S/C12H22N2O4/c1-12(2,3)8-13-11(17)14-4-5-18-9(7-14)6-10(15)16/h9H,4-8H2,1-3H3,(H,13,17)(H,15,16). The number of amides is 2. The third kappa shape index (κ3) is 5.35. The van der Waals surface area contributed by atoms with Crippen LogP contribution < -0.4 is 5.32 Å². The Bertz CT molecular complexity index is 312. The molecule has 0 saturated carbocycles. The molecular formula is C12H22N2O4. The SMILES string of the molecule is CC(C)(C)CNC(=O)N1CCOC(CC(=O)O)C1. The average molecular weight is 258 g/mol. The van der Waals surface area contributed by atoms with Crippen LogP contribution in [0.2, 0.25) is 0 Å². The van der Waals surface area contributed by atoms with E-state index in [1.165, 1.54) is 0 Å². The Hall–Kier alpha value is -1.30. The summed E-state index contributed by atoms with van der Waals surface area (Å²) in [5.74, 6) is -0.906. The number of rotatable bonds is 3. The van der Waals surface area contributed by atoms with Crippen LogP contribution in [0.25, 0.3) is 0 Å². The van der Waals surface area contributed by atoms with E-state index in [1.807, 2.05) is 20.8 Å². The second-order valence-electron chi connectivity index (χ2n) is 5.76. The number of carboxylic acids is 1. The molecule has 1 aliphatic heterocycles. The molecule has 0 bridgehead atoms. The lowest BCUT2D eigenvalue weighted by Crippen LogP contribution is -2.51. The molecule has 0 aliphatic carbocycles. The lowest BCUT2D eigenvalue weighted by molar-refractivity contribution is -0.141. The number of nitrogens with zero attached hydrogens (tertiary/aromatic N) is 1. The number of morpholine rings is 1. The van der Waals surface area contributed by atoms with Crippen LogP contribution in [0.5, 0.6) is 0 Å². The zero-order chi connectivity index (χ0) is 13.8. The van der Waals surface area contributed by atoms with E-state index in [2.05, 4.69) is 5.32 Å². The Labute approximate surface area is 107 Å². The quantitative estimate of drug-likeness (QED) is 0.789. The van der Waals surface area contributed by atoms with Crippen molar-refractivity contribution in [3.8, 4) is 0 Å². The summed E-state index contributed by atoms with van der Waals surface area (Å²) in [4.78, 5) is 24.1. The molecule has 0 aromatic rings. The number of nitrogens with one attached hydrogen (secondary N) is 1. The van der Waals surface area contributed by atoms with Gasteiger partial charge in [0.05, 0.1) is 19.1 Å². The minimum Gasteiger partial charge on any atom is -0.481 e. The van der Waals surface area contributed by atoms with Gasteiger partial charge in [-0.1, -0.05) is 20.8 Å². The topological polar surface area (TPSA) is 78.9 Å². The van der Waals surface area contributed by atoms with Crippen molar-refractivity contribution in [2.45, 2.75) is 33.3 Å². The van der Waals surface area contributed by atoms with Crippen molar-refractivity contribution < 1.29 is 19.4 Å². The summed E-state index contributed by atoms with van der Waals surface area (Å²) in [6.45, 7) is 7.95. The monoisotopic (exact) mass is 258 g/mol. The highest BCUT2D eigenvalue weighted by molar-refractivity contribution is 5.74. The predicted octanol–water partition coefficient (Wildman–Crippen LogP) is 0.918. The van der Waals surface area contributed by atoms with Gasteiger partial charge in [-0.25, -0.2) is 4.79 Å². The average Bonchev–Trinajstić information content (AvgIpc) is 2.24. The second kappa shape index (κ2) is 6.04. The molecule has 1 fully saturated rings. The fourth-order valence-corrected chi connectivity index (χ4v) is 1.67. The highest BCUT2D eigenvalue weighted by Gasteiger charge is 2.26. The van der Waals surface area contributed by atoms with E-state index in [1.54, 1.807) is 4.90 Å². The number of urea groups is 1. The first-order chi connectivity index (χ1) is 8.28. The predicted molar refractivity (Wildman–Crippen MR) is 66.4 cm³/mol. The van der Waals surface area contributed by atoms with Crippen LogP contribution in [0.15, 0.2) is 0 Å². The molecule has 1 rings (SSSR count). The van der Waals surface area contributed by atoms with Crippen LogP contribution in [-0.2, 0) is 9.53 Å². The van der Waals surface area contributed by atoms with E-state index < -0.39 is 12.1 Å². The van der Waals surface area contributed by atoms with E-state index in [4.69, 9.17) is 9.84 Å². The van der Waals surface area contributed by atoms with Crippen LogP contribution in [0.3, 0.4) is 0 Å². The Morgan fingerprint density at radius 1 is 1.44 bits per heavy atom. The lowest BCUT2D eigenvalue weighted by Gasteiger charge is -2.33. The van der Waals surface area contributed by atoms with Crippen LogP contribution >= 0.6 is 0 Å². The molecule has 6 heteroatoms. The fraction of sp³-hybridized carbons (Fsp3) is 0.833. The first kappa shape index (κ1) is 14.8. The molecule has 1 unspecified atom stereocenters. The number of carbonyl (C=O) groups is 2. The van der Waals surface area contributed by atoms with Gasteiger partial charge < -0.3 is 20.1 Å². The van der Waals surface area contributed by atoms with E-state index in [0.717, 1.165) is 0 Å². The molecule has 1 atom stereocenters. The number of hydrogen-bond donors (Lipinski definition) is 2. The van der Waals surface area contributed by atoms with Crippen molar-refractivity contribution in [1.82, 2.24) is 10.2 Å². The molecule has 0 aromatic carbocycles. The Kier molecular flexibility index (Phi) is 4.95. The van der Waals surface area contributed by atoms with Gasteiger partial charge in [-0.2, -0.15) is 0 Å². The summed E-state index contributed by atoms with van der Waals surface area (Å²) in [6, 6.07) is -0.149. The van der Waals surface area contributed by atoms with Gasteiger partial charge in [-0.05, 0) is 5.41 Å². The maximum atomic E-state index is 11.9. The summed E-state index contributed by atoms with van der Waals surface area (Å²) in [6.07, 6.45) is -0.472. The first-order valence-corrected chi connectivity index (χ1v) is 6.14. The Morgan fingerprint density at radius 3 is 2.67 bits per heavy atom. The van der Waals surface area contributed by atoms with E-state index in [0.29, 0.717) is 26.2 Å². The van der Waals surface area contributed by atoms with Crippen molar-refractivity contribution in [3.63, 3.8) is 0 Å². The molecule has 6 nitrogen and oxygen atoms in total. The summed E-state index contributed by atoms with van der Waals surface area (Å²) in [5, 5.41) is 11.6. The first-order valence-electron chi connectivity index (χ1n) is 6.14. The number of hydrogen-bond acceptors (Lipinski definition) is 3. The van der Waals surface area contributed by atoms with E-state index >= 15 is 0 Å². The molecule has 1 aliphatic rings. The largest absolute Gasteiger partial charge is 0.481 e. The molecule has 104 valence electrons. The second-order valence-corrected chi connectivity index (χ2v) is 5.76. The van der Waals surface area contributed by atoms with Gasteiger partial charge in [0.15, 0.2) is 0 Å². The molecule has 0 radical (unpaired) electrons. The maximum absolute atomic E-state index is 11.9. The van der Waals surface area contributed by atoms with Crippen LogP contribution in [-0.4, -0.2) is 54.4 Å². The van der Waals surface area contributed by atoms with Crippen LogP contribution in [0.4, 0.5) is 4.79 Å². The number of carbonyl (C=O) groups excluding carboxylic acids is 1. The van der Waals surface area contributed by atoms with Gasteiger partial charge in [-0.15, -0.1) is 0 Å². The van der Waals surface area contributed by atoms with Gasteiger partial charge in [0, 0.05) is 19.6 Å². The normalized spacial score (nSPS) is 20.6. The summed E-state index contributed by atoms with van der Waals surface area (Å²) in [5.41, 5.74) is 0.0302. The fourth-order valence-electron chi connectivity index (χ4n) is 1.67. The van der Waals surface area contributed by atoms with Crippen molar-refractivity contribution in [2.75, 3.05) is 26.2 Å². The van der Waals surface area contributed by atoms with Crippen molar-refractivity contribution >= 4 is 12.0 Å². The van der Waals surface area contributed by atoms with E-state index in [-0.39, 0.29) is 17.9 Å². The van der Waals surface area contributed by atoms with Crippen LogP contribution in [0, 0.1) is 5.41 Å². The lowest BCUT2D eigenvalue weighted by atomic mass is 9.97. The van der Waals surface area contributed by atoms with Gasteiger partial charge in [0.2, 0.25) is 0 Å². The zero-order valence-corrected chi connectivity index (χ0v) is 11.2. The molecule has 0 spiro atoms. The molecule has 2 amide bonds. The third-order valence-electron chi connectivity index (χ3n) is 2.60. The summed E-state index contributed by atoms with van der Waals surface area (Å²) in [7, 11) is 0. The number of carboxylic acid groups (broad SMARTS) is 1. The molecule has 1 heterocycles. The molecule has 1 saturated heterocycles. The van der Waals surface area contributed by atoms with Gasteiger partial charge >= 0.3 is 12.0 Å². The van der Waals surface area contributed by atoms with Crippen LogP contribution in [0.1, 0.15) is 27.2 Å². The van der Waals surface area contributed by atoms with Crippen molar-refractivity contribution in [1.29, 1.82) is 0 Å². The van der Waals surface area contributed by atoms with E-state index in [9.17, 15) is 9.59 Å². The summed E-state index contributed by atoms with van der Waals surface area (Å²) < 4.78 is 5.31. The highest BCUT2D eigenvalue weighted by atomic mass is 16.5.